The van der Waals surface area contributed by atoms with Gasteiger partial charge in [0.05, 0.1) is 5.00 Å². The van der Waals surface area contributed by atoms with Crippen molar-refractivity contribution >= 4 is 27.9 Å². The minimum atomic E-state index is 0.875. The number of nitrogens with one attached hydrogen (secondary N) is 1. The predicted molar refractivity (Wildman–Crippen MR) is 111 cm³/mol. The lowest BCUT2D eigenvalue weighted by molar-refractivity contribution is 0.373. The van der Waals surface area contributed by atoms with Crippen LogP contribution >= 0.6 is 11.3 Å². The number of hydrogen-bond acceptors (Lipinski definition) is 5. The van der Waals surface area contributed by atoms with Gasteiger partial charge in [-0.25, -0.2) is 0 Å². The van der Waals surface area contributed by atoms with Gasteiger partial charge in [0.1, 0.15) is 5.82 Å². The summed E-state index contributed by atoms with van der Waals surface area (Å²) in [5, 5.41) is 15.5. The van der Waals surface area contributed by atoms with Crippen molar-refractivity contribution < 1.29 is 0 Å². The number of aryl methyl sites for hydroxylation is 1. The van der Waals surface area contributed by atoms with Crippen molar-refractivity contribution in [3.8, 4) is 0 Å². The molecule has 0 atom stereocenters. The van der Waals surface area contributed by atoms with Gasteiger partial charge in [0.2, 0.25) is 0 Å². The predicted octanol–water partition coefficient (Wildman–Crippen LogP) is 2.12. The number of rotatable bonds is 5. The molecule has 27 heavy (non-hydrogen) atoms. The van der Waals surface area contributed by atoms with Gasteiger partial charge < -0.3 is 15.1 Å². The molecule has 0 aromatic carbocycles. The molecule has 3 aromatic rings. The highest BCUT2D eigenvalue weighted by atomic mass is 32.1. The minimum Gasteiger partial charge on any atom is -0.360 e. The smallest absolute Gasteiger partial charge is 0.193 e. The Hall–Kier alpha value is -2.61. The molecule has 0 bridgehead atoms. The highest BCUT2D eigenvalue weighted by Crippen LogP contribution is 2.22. The SMILES string of the molecule is CN=C(NCCCc1nnc2ccccn12)N1CCN(c2cccs2)CC1. The third-order valence-corrected chi connectivity index (χ3v) is 5.78. The molecule has 1 fully saturated rings. The Balaban J connectivity index is 1.24. The number of piperazine rings is 1. The zero-order valence-electron chi connectivity index (χ0n) is 15.6. The minimum absolute atomic E-state index is 0.875. The summed E-state index contributed by atoms with van der Waals surface area (Å²) >= 11 is 1.81. The number of aromatic nitrogens is 3. The number of fused-ring (bicyclic) bond motifs is 1. The van der Waals surface area contributed by atoms with E-state index in [-0.39, 0.29) is 0 Å². The lowest BCUT2D eigenvalue weighted by Crippen LogP contribution is -2.52. The second kappa shape index (κ2) is 8.39. The maximum absolute atomic E-state index is 4.47. The second-order valence-electron chi connectivity index (χ2n) is 6.55. The normalized spacial score (nSPS) is 15.5. The molecule has 0 saturated carbocycles. The zero-order chi connectivity index (χ0) is 18.5. The summed E-state index contributed by atoms with van der Waals surface area (Å²) in [5.41, 5.74) is 0.903. The molecule has 0 aliphatic carbocycles. The van der Waals surface area contributed by atoms with Crippen molar-refractivity contribution in [3.63, 3.8) is 0 Å². The molecule has 1 saturated heterocycles. The fourth-order valence-electron chi connectivity index (χ4n) is 3.43. The topological polar surface area (TPSA) is 61.1 Å². The van der Waals surface area contributed by atoms with E-state index in [1.165, 1.54) is 5.00 Å². The van der Waals surface area contributed by atoms with E-state index in [0.29, 0.717) is 0 Å². The van der Waals surface area contributed by atoms with Crippen LogP contribution in [0.15, 0.2) is 46.9 Å². The van der Waals surface area contributed by atoms with Gasteiger partial charge in [-0.3, -0.25) is 9.39 Å². The van der Waals surface area contributed by atoms with Gasteiger partial charge >= 0.3 is 0 Å². The first-order valence-corrected chi connectivity index (χ1v) is 10.3. The molecular formula is C19H25N7S. The molecule has 1 N–H and O–H groups in total. The Morgan fingerprint density at radius 1 is 1.15 bits per heavy atom. The van der Waals surface area contributed by atoms with Crippen LogP contribution in [0.4, 0.5) is 5.00 Å². The van der Waals surface area contributed by atoms with E-state index < -0.39 is 0 Å². The largest absolute Gasteiger partial charge is 0.360 e. The van der Waals surface area contributed by atoms with Gasteiger partial charge in [-0.05, 0) is 36.1 Å². The third-order valence-electron chi connectivity index (χ3n) is 4.85. The van der Waals surface area contributed by atoms with Crippen LogP contribution in [-0.2, 0) is 6.42 Å². The van der Waals surface area contributed by atoms with Crippen molar-refractivity contribution in [2.24, 2.45) is 4.99 Å². The van der Waals surface area contributed by atoms with E-state index in [4.69, 9.17) is 0 Å². The quantitative estimate of drug-likeness (QED) is 0.415. The number of aliphatic imine (C=N–C) groups is 1. The Kier molecular flexibility index (Phi) is 5.53. The molecule has 0 spiro atoms. The molecule has 4 rings (SSSR count). The van der Waals surface area contributed by atoms with Crippen molar-refractivity contribution in [1.82, 2.24) is 24.8 Å². The Morgan fingerprint density at radius 3 is 2.81 bits per heavy atom. The number of anilines is 1. The van der Waals surface area contributed by atoms with Gasteiger partial charge in [0, 0.05) is 52.4 Å². The summed E-state index contributed by atoms with van der Waals surface area (Å²) in [6.07, 6.45) is 3.90. The molecule has 7 nitrogen and oxygen atoms in total. The van der Waals surface area contributed by atoms with E-state index in [1.54, 1.807) is 0 Å². The molecule has 142 valence electrons. The van der Waals surface area contributed by atoms with Crippen molar-refractivity contribution in [2.75, 3.05) is 44.7 Å². The average Bonchev–Trinajstić information content (AvgIpc) is 3.39. The number of guanidine groups is 1. The van der Waals surface area contributed by atoms with Crippen molar-refractivity contribution in [3.05, 3.63) is 47.7 Å². The molecule has 1 aliphatic rings. The van der Waals surface area contributed by atoms with Gasteiger partial charge in [-0.1, -0.05) is 6.07 Å². The molecule has 4 heterocycles. The van der Waals surface area contributed by atoms with Crippen LogP contribution in [0.25, 0.3) is 5.65 Å². The lowest BCUT2D eigenvalue weighted by Gasteiger charge is -2.37. The second-order valence-corrected chi connectivity index (χ2v) is 7.47. The summed E-state index contributed by atoms with van der Waals surface area (Å²) in [4.78, 5) is 9.26. The number of hydrogen-bond donors (Lipinski definition) is 1. The van der Waals surface area contributed by atoms with Gasteiger partial charge in [0.15, 0.2) is 11.6 Å². The van der Waals surface area contributed by atoms with E-state index in [1.807, 2.05) is 42.8 Å². The van der Waals surface area contributed by atoms with Crippen LogP contribution in [0.5, 0.6) is 0 Å². The van der Waals surface area contributed by atoms with Gasteiger partial charge in [-0.15, -0.1) is 21.5 Å². The molecule has 0 unspecified atom stereocenters. The van der Waals surface area contributed by atoms with Crippen LogP contribution in [0, 0.1) is 0 Å². The van der Waals surface area contributed by atoms with E-state index >= 15 is 0 Å². The van der Waals surface area contributed by atoms with E-state index in [0.717, 1.165) is 63.0 Å². The summed E-state index contributed by atoms with van der Waals surface area (Å²) in [5.74, 6) is 2.00. The third kappa shape index (κ3) is 4.05. The molecule has 1 aliphatic heterocycles. The first-order chi connectivity index (χ1) is 13.3. The highest BCUT2D eigenvalue weighted by Gasteiger charge is 2.20. The number of pyridine rings is 1. The molecule has 8 heteroatoms. The standard InChI is InChI=1S/C19H25N7S/c1-20-19(25-13-11-24(12-14-25)18-8-5-15-27-18)21-9-4-7-17-23-22-16-6-2-3-10-26(16)17/h2-3,5-6,8,10,15H,4,7,9,11-14H2,1H3,(H,20,21). The summed E-state index contributed by atoms with van der Waals surface area (Å²) in [6.45, 7) is 4.93. The first kappa shape index (κ1) is 17.8. The maximum Gasteiger partial charge on any atom is 0.193 e. The summed E-state index contributed by atoms with van der Waals surface area (Å²) < 4.78 is 2.05. The molecule has 0 amide bonds. The van der Waals surface area contributed by atoms with E-state index in [9.17, 15) is 0 Å². The Morgan fingerprint density at radius 2 is 2.04 bits per heavy atom. The highest BCUT2D eigenvalue weighted by molar-refractivity contribution is 7.14. The van der Waals surface area contributed by atoms with Crippen LogP contribution in [0.2, 0.25) is 0 Å². The monoisotopic (exact) mass is 383 g/mol. The summed E-state index contributed by atoms with van der Waals surface area (Å²) in [7, 11) is 1.86. The van der Waals surface area contributed by atoms with Gasteiger partial charge in [0.25, 0.3) is 0 Å². The molecule has 3 aromatic heterocycles. The van der Waals surface area contributed by atoms with Crippen molar-refractivity contribution in [2.45, 2.75) is 12.8 Å². The molecular weight excluding hydrogens is 358 g/mol. The van der Waals surface area contributed by atoms with E-state index in [2.05, 4.69) is 52.2 Å². The lowest BCUT2D eigenvalue weighted by atomic mass is 10.3. The van der Waals surface area contributed by atoms with Crippen LogP contribution in [0.1, 0.15) is 12.2 Å². The van der Waals surface area contributed by atoms with Crippen LogP contribution in [-0.4, -0.2) is 65.2 Å². The fraction of sp³-hybridized carbons (Fsp3) is 0.421. The van der Waals surface area contributed by atoms with Crippen LogP contribution < -0.4 is 10.2 Å². The zero-order valence-corrected chi connectivity index (χ0v) is 16.4. The number of thiophene rings is 1. The van der Waals surface area contributed by atoms with Crippen LogP contribution in [0.3, 0.4) is 0 Å². The average molecular weight is 384 g/mol. The molecule has 0 radical (unpaired) electrons. The number of nitrogens with zero attached hydrogens (tertiary/aromatic N) is 6. The Labute approximate surface area is 163 Å². The van der Waals surface area contributed by atoms with Crippen molar-refractivity contribution in [1.29, 1.82) is 0 Å². The van der Waals surface area contributed by atoms with Gasteiger partial charge in [-0.2, -0.15) is 0 Å². The fourth-order valence-corrected chi connectivity index (χ4v) is 4.21. The first-order valence-electron chi connectivity index (χ1n) is 9.38. The summed E-state index contributed by atoms with van der Waals surface area (Å²) in [6, 6.07) is 10.3. The Bertz CT molecular complexity index is 879. The maximum atomic E-state index is 4.47.